The van der Waals surface area contributed by atoms with Crippen LogP contribution in [-0.4, -0.2) is 12.6 Å². The van der Waals surface area contributed by atoms with Gasteiger partial charge < -0.3 is 9.47 Å². The van der Waals surface area contributed by atoms with Gasteiger partial charge >= 0.3 is 0 Å². The number of aromatic nitrogens is 1. The molecule has 0 N–H and O–H groups in total. The van der Waals surface area contributed by atoms with E-state index in [0.29, 0.717) is 0 Å². The first-order valence-electron chi connectivity index (χ1n) is 20.3. The van der Waals surface area contributed by atoms with Crippen molar-refractivity contribution >= 4 is 78.5 Å². The van der Waals surface area contributed by atoms with Crippen molar-refractivity contribution in [3.63, 3.8) is 0 Å². The van der Waals surface area contributed by atoms with E-state index in [0.717, 1.165) is 22.7 Å². The predicted octanol–water partition coefficient (Wildman–Crippen LogP) is 11.9. The Hall–Kier alpha value is -7.46. The fourth-order valence-electron chi connectivity index (χ4n) is 9.47. The minimum Gasteiger partial charge on any atom is -0.310 e. The summed E-state index contributed by atoms with van der Waals surface area (Å²) in [5.74, 6) is 0. The molecule has 0 saturated carbocycles. The molecule has 0 amide bonds. The lowest BCUT2D eigenvalue weighted by Gasteiger charge is -2.34. The Bertz CT molecular complexity index is 3070. The van der Waals surface area contributed by atoms with Gasteiger partial charge in [0.15, 0.2) is 8.07 Å². The maximum absolute atomic E-state index is 2.60. The molecule has 59 heavy (non-hydrogen) atoms. The Kier molecular flexibility index (Phi) is 8.53. The maximum atomic E-state index is 2.43. The summed E-state index contributed by atoms with van der Waals surface area (Å²) in [6, 6.07) is 89.2. The van der Waals surface area contributed by atoms with Gasteiger partial charge in [0.05, 0.1) is 11.0 Å². The Morgan fingerprint density at radius 3 is 1.34 bits per heavy atom. The summed E-state index contributed by atoms with van der Waals surface area (Å²) >= 11 is 0. The molecule has 0 aliphatic heterocycles. The highest BCUT2D eigenvalue weighted by Gasteiger charge is 2.41. The first-order chi connectivity index (χ1) is 29.3. The SMILES string of the molecule is c1ccc(N(c2ccc(-c3ccc([Si](c4ccccc4)(c4ccccc4)c4ccccc4)cc3)cc2)c2cc3ccc4cccc5c4c3c(c2)n5-c2ccccc2)cc1. The molecule has 0 aliphatic carbocycles. The van der Waals surface area contributed by atoms with E-state index in [9.17, 15) is 0 Å². The van der Waals surface area contributed by atoms with Crippen LogP contribution < -0.4 is 25.6 Å². The Balaban J connectivity index is 1.02. The number of para-hydroxylation sites is 2. The van der Waals surface area contributed by atoms with Crippen LogP contribution in [0.4, 0.5) is 17.1 Å². The fourth-order valence-corrected chi connectivity index (χ4v) is 14.2. The topological polar surface area (TPSA) is 8.17 Å². The van der Waals surface area contributed by atoms with Crippen LogP contribution in [0.25, 0.3) is 49.4 Å². The zero-order valence-electron chi connectivity index (χ0n) is 32.5. The smallest absolute Gasteiger partial charge is 0.179 e. The molecule has 11 rings (SSSR count). The van der Waals surface area contributed by atoms with Crippen molar-refractivity contribution < 1.29 is 0 Å². The molecule has 0 spiro atoms. The largest absolute Gasteiger partial charge is 0.310 e. The lowest BCUT2D eigenvalue weighted by Crippen LogP contribution is -2.74. The molecule has 0 unspecified atom stereocenters. The minimum atomic E-state index is -2.60. The van der Waals surface area contributed by atoms with Crippen molar-refractivity contribution in [2.24, 2.45) is 0 Å². The monoisotopic (exact) mass is 768 g/mol. The molecule has 0 aliphatic rings. The first-order valence-corrected chi connectivity index (χ1v) is 22.3. The van der Waals surface area contributed by atoms with Gasteiger partial charge in [-0.1, -0.05) is 188 Å². The summed E-state index contributed by atoms with van der Waals surface area (Å²) in [6.07, 6.45) is 0. The van der Waals surface area contributed by atoms with Crippen LogP contribution in [0, 0.1) is 0 Å². The summed E-state index contributed by atoms with van der Waals surface area (Å²) in [5.41, 5.74) is 9.31. The number of nitrogens with zero attached hydrogens (tertiary/aromatic N) is 2. The number of rotatable bonds is 9. The third kappa shape index (κ3) is 5.78. The summed E-state index contributed by atoms with van der Waals surface area (Å²) in [5, 5.41) is 10.6. The van der Waals surface area contributed by atoms with Crippen molar-refractivity contribution in [3.05, 3.63) is 243 Å². The molecule has 3 heteroatoms. The maximum Gasteiger partial charge on any atom is 0.179 e. The highest BCUT2D eigenvalue weighted by molar-refractivity contribution is 7.19. The van der Waals surface area contributed by atoms with Crippen LogP contribution in [-0.2, 0) is 0 Å². The highest BCUT2D eigenvalue weighted by Crippen LogP contribution is 2.44. The lowest BCUT2D eigenvalue weighted by molar-refractivity contribution is 1.18. The second-order valence-corrected chi connectivity index (χ2v) is 19.1. The number of hydrogen-bond donors (Lipinski definition) is 0. The molecule has 1 aromatic heterocycles. The Morgan fingerprint density at radius 2 is 0.763 bits per heavy atom. The van der Waals surface area contributed by atoms with E-state index in [4.69, 9.17) is 0 Å². The van der Waals surface area contributed by atoms with Gasteiger partial charge in [-0.15, -0.1) is 0 Å². The lowest BCUT2D eigenvalue weighted by atomic mass is 10.0. The Morgan fingerprint density at radius 1 is 0.305 bits per heavy atom. The van der Waals surface area contributed by atoms with Gasteiger partial charge in [-0.05, 0) is 97.2 Å². The number of anilines is 3. The van der Waals surface area contributed by atoms with Crippen LogP contribution in [0.1, 0.15) is 0 Å². The van der Waals surface area contributed by atoms with Gasteiger partial charge in [0, 0.05) is 33.5 Å². The zero-order chi connectivity index (χ0) is 39.2. The van der Waals surface area contributed by atoms with E-state index in [-0.39, 0.29) is 0 Å². The van der Waals surface area contributed by atoms with Crippen LogP contribution in [0.5, 0.6) is 0 Å². The van der Waals surface area contributed by atoms with E-state index < -0.39 is 8.07 Å². The second-order valence-electron chi connectivity index (χ2n) is 15.3. The summed E-state index contributed by atoms with van der Waals surface area (Å²) in [4.78, 5) is 2.39. The van der Waals surface area contributed by atoms with Gasteiger partial charge in [-0.25, -0.2) is 0 Å². The van der Waals surface area contributed by atoms with Crippen molar-refractivity contribution in [2.45, 2.75) is 0 Å². The Labute approximate surface area is 345 Å². The number of benzene rings is 10. The van der Waals surface area contributed by atoms with Crippen molar-refractivity contribution in [2.75, 3.05) is 4.90 Å². The number of hydrogen-bond acceptors (Lipinski definition) is 1. The van der Waals surface area contributed by atoms with Crippen LogP contribution in [0.2, 0.25) is 0 Å². The van der Waals surface area contributed by atoms with E-state index >= 15 is 0 Å². The fraction of sp³-hybridized carbons (Fsp3) is 0. The van der Waals surface area contributed by atoms with Crippen molar-refractivity contribution in [1.82, 2.24) is 4.57 Å². The van der Waals surface area contributed by atoms with Gasteiger partial charge in [0.25, 0.3) is 0 Å². The van der Waals surface area contributed by atoms with Crippen molar-refractivity contribution in [3.8, 4) is 16.8 Å². The van der Waals surface area contributed by atoms with Crippen LogP contribution in [0.15, 0.2) is 243 Å². The molecular weight excluding hydrogens is 729 g/mol. The third-order valence-corrected chi connectivity index (χ3v) is 16.9. The average Bonchev–Trinajstić information content (AvgIpc) is 3.66. The quantitative estimate of drug-likeness (QED) is 0.0806. The molecule has 1 heterocycles. The first kappa shape index (κ1) is 34.8. The predicted molar refractivity (Wildman–Crippen MR) is 253 cm³/mol. The van der Waals surface area contributed by atoms with Crippen LogP contribution in [0.3, 0.4) is 0 Å². The van der Waals surface area contributed by atoms with Gasteiger partial charge in [0.1, 0.15) is 0 Å². The summed E-state index contributed by atoms with van der Waals surface area (Å²) < 4.78 is 2.43. The van der Waals surface area contributed by atoms with Gasteiger partial charge in [-0.3, -0.25) is 0 Å². The summed E-state index contributed by atoms with van der Waals surface area (Å²) in [7, 11) is -2.60. The van der Waals surface area contributed by atoms with E-state index in [1.165, 1.54) is 64.5 Å². The van der Waals surface area contributed by atoms with E-state index in [1.807, 2.05) is 0 Å². The standard InChI is InChI=1S/C56H40N2Si/c1-6-18-45(19-7-1)57(48-39-44-30-29-43-17-16-28-53-55(43)56(44)54(40-48)58(53)46-20-8-2-9-21-46)47-35-31-41(32-36-47)42-33-37-52(38-34-42)59(49-22-10-3-11-23-49,50-24-12-4-13-25-50)51-26-14-5-15-27-51/h1-40H. The molecule has 2 nitrogen and oxygen atoms in total. The molecular formula is C56H40N2Si. The van der Waals surface area contributed by atoms with Gasteiger partial charge in [0.2, 0.25) is 0 Å². The molecule has 10 aromatic carbocycles. The molecule has 0 atom stereocenters. The van der Waals surface area contributed by atoms with E-state index in [1.54, 1.807) is 0 Å². The second kappa shape index (κ2) is 14.5. The molecule has 11 aromatic rings. The molecule has 0 bridgehead atoms. The van der Waals surface area contributed by atoms with Crippen LogP contribution >= 0.6 is 0 Å². The van der Waals surface area contributed by atoms with Crippen molar-refractivity contribution in [1.29, 1.82) is 0 Å². The van der Waals surface area contributed by atoms with E-state index in [2.05, 4.69) is 252 Å². The van der Waals surface area contributed by atoms with Gasteiger partial charge in [-0.2, -0.15) is 0 Å². The molecule has 0 radical (unpaired) electrons. The molecule has 0 saturated heterocycles. The normalized spacial score (nSPS) is 11.7. The third-order valence-electron chi connectivity index (χ3n) is 12.1. The zero-order valence-corrected chi connectivity index (χ0v) is 33.5. The summed E-state index contributed by atoms with van der Waals surface area (Å²) in [6.45, 7) is 0. The molecule has 278 valence electrons. The highest BCUT2D eigenvalue weighted by atomic mass is 28.3. The minimum absolute atomic E-state index is 1.11. The average molecular weight is 769 g/mol. The molecule has 0 fully saturated rings.